The lowest BCUT2D eigenvalue weighted by Gasteiger charge is -2.19. The number of hydrogen-bond acceptors (Lipinski definition) is 4. The predicted molar refractivity (Wildman–Crippen MR) is 111 cm³/mol. The Labute approximate surface area is 163 Å². The van der Waals surface area contributed by atoms with Crippen molar-refractivity contribution in [1.82, 2.24) is 20.5 Å². The highest BCUT2D eigenvalue weighted by atomic mass is 16.2. The van der Waals surface area contributed by atoms with Crippen molar-refractivity contribution in [3.8, 4) is 0 Å². The first-order chi connectivity index (χ1) is 13.2. The number of nitrogens with one attached hydrogen (secondary N) is 2. The van der Waals surface area contributed by atoms with Gasteiger partial charge in [-0.3, -0.25) is 4.79 Å². The van der Waals surface area contributed by atoms with E-state index in [2.05, 4.69) is 58.4 Å². The number of pyridine rings is 1. The summed E-state index contributed by atoms with van der Waals surface area (Å²) in [5, 5.41) is 6.62. The minimum atomic E-state index is 0.288. The van der Waals surface area contributed by atoms with Crippen molar-refractivity contribution in [1.29, 1.82) is 0 Å². The van der Waals surface area contributed by atoms with Gasteiger partial charge in [0.05, 0.1) is 6.54 Å². The normalized spacial score (nSPS) is 14.6. The van der Waals surface area contributed by atoms with Crippen LogP contribution in [0.15, 0.2) is 23.3 Å². The van der Waals surface area contributed by atoms with Gasteiger partial charge in [0.15, 0.2) is 5.96 Å². The van der Waals surface area contributed by atoms with Crippen molar-refractivity contribution in [2.75, 3.05) is 44.2 Å². The molecule has 2 N–H and O–H groups in total. The van der Waals surface area contributed by atoms with Crippen LogP contribution in [-0.2, 0) is 11.3 Å². The molecule has 150 valence electrons. The third-order valence-corrected chi connectivity index (χ3v) is 4.73. The van der Waals surface area contributed by atoms with E-state index in [1.54, 1.807) is 0 Å². The lowest BCUT2D eigenvalue weighted by molar-refractivity contribution is -0.127. The molecule has 1 aliphatic rings. The van der Waals surface area contributed by atoms with E-state index in [-0.39, 0.29) is 5.91 Å². The van der Waals surface area contributed by atoms with Crippen molar-refractivity contribution in [2.45, 2.75) is 46.6 Å². The van der Waals surface area contributed by atoms with Crippen molar-refractivity contribution in [3.63, 3.8) is 0 Å². The van der Waals surface area contributed by atoms with Crippen LogP contribution in [0, 0.1) is 0 Å². The summed E-state index contributed by atoms with van der Waals surface area (Å²) in [5.41, 5.74) is 1.09. The van der Waals surface area contributed by atoms with Gasteiger partial charge in [0.25, 0.3) is 0 Å². The van der Waals surface area contributed by atoms with Crippen molar-refractivity contribution in [2.24, 2.45) is 4.99 Å². The molecule has 0 saturated carbocycles. The minimum Gasteiger partial charge on any atom is -0.357 e. The predicted octanol–water partition coefficient (Wildman–Crippen LogP) is 2.00. The Hall–Kier alpha value is -2.31. The third-order valence-electron chi connectivity index (χ3n) is 4.73. The molecular weight excluding hydrogens is 340 g/mol. The summed E-state index contributed by atoms with van der Waals surface area (Å²) in [5.74, 6) is 2.10. The molecule has 0 spiro atoms. The van der Waals surface area contributed by atoms with Gasteiger partial charge in [0.2, 0.25) is 5.91 Å². The molecule has 0 bridgehead atoms. The smallest absolute Gasteiger partial charge is 0.222 e. The number of hydrogen-bond donors (Lipinski definition) is 2. The number of aliphatic imine (C=N–C) groups is 1. The summed E-state index contributed by atoms with van der Waals surface area (Å²) in [7, 11) is 0. The summed E-state index contributed by atoms with van der Waals surface area (Å²) in [6.45, 7) is 12.2. The van der Waals surface area contributed by atoms with Gasteiger partial charge in [-0.1, -0.05) is 6.07 Å². The molecule has 0 radical (unpaired) electrons. The zero-order valence-electron chi connectivity index (χ0n) is 17.0. The lowest BCUT2D eigenvalue weighted by atomic mass is 10.3. The summed E-state index contributed by atoms with van der Waals surface area (Å²) >= 11 is 0. The standard InChI is InChI=1S/C20H34N6O/c1-4-21-20(22-12-8-14-26-13-7-9-19(26)27)24-16-17-10-11-18(23-15-17)25(5-2)6-3/h10-11,15H,4-9,12-14,16H2,1-3H3,(H2,21,22,24). The van der Waals surface area contributed by atoms with Gasteiger partial charge in [-0.15, -0.1) is 0 Å². The molecule has 27 heavy (non-hydrogen) atoms. The maximum atomic E-state index is 11.6. The van der Waals surface area contributed by atoms with E-state index >= 15 is 0 Å². The number of aromatic nitrogens is 1. The summed E-state index contributed by atoms with van der Waals surface area (Å²) in [4.78, 5) is 25.0. The SMILES string of the molecule is CCNC(=NCc1ccc(N(CC)CC)nc1)NCCCN1CCCC1=O. The molecule has 2 heterocycles. The molecule has 0 aliphatic carbocycles. The van der Waals surface area contributed by atoms with E-state index in [4.69, 9.17) is 0 Å². The van der Waals surface area contributed by atoms with Crippen LogP contribution in [0.4, 0.5) is 5.82 Å². The summed E-state index contributed by atoms with van der Waals surface area (Å²) < 4.78 is 0. The highest BCUT2D eigenvalue weighted by molar-refractivity contribution is 5.79. The number of nitrogens with zero attached hydrogens (tertiary/aromatic N) is 4. The zero-order valence-corrected chi connectivity index (χ0v) is 17.0. The molecule has 1 fully saturated rings. The van der Waals surface area contributed by atoms with Gasteiger partial charge in [-0.25, -0.2) is 9.98 Å². The minimum absolute atomic E-state index is 0.288. The fourth-order valence-electron chi connectivity index (χ4n) is 3.17. The summed E-state index contributed by atoms with van der Waals surface area (Å²) in [6.07, 6.45) is 4.53. The number of carbonyl (C=O) groups is 1. The van der Waals surface area contributed by atoms with Crippen molar-refractivity contribution < 1.29 is 4.79 Å². The fourth-order valence-corrected chi connectivity index (χ4v) is 3.17. The third kappa shape index (κ3) is 6.73. The van der Waals surface area contributed by atoms with E-state index in [9.17, 15) is 4.79 Å². The van der Waals surface area contributed by atoms with Gasteiger partial charge in [-0.05, 0) is 45.2 Å². The molecule has 0 atom stereocenters. The van der Waals surface area contributed by atoms with Crippen LogP contribution in [-0.4, -0.2) is 61.0 Å². The Balaban J connectivity index is 1.80. The van der Waals surface area contributed by atoms with Crippen LogP contribution in [0.3, 0.4) is 0 Å². The second kappa shape index (κ2) is 11.4. The number of anilines is 1. The van der Waals surface area contributed by atoms with E-state index < -0.39 is 0 Å². The number of rotatable bonds is 10. The van der Waals surface area contributed by atoms with Gasteiger partial charge in [0.1, 0.15) is 5.82 Å². The first-order valence-electron chi connectivity index (χ1n) is 10.2. The number of carbonyl (C=O) groups excluding carboxylic acids is 1. The second-order valence-electron chi connectivity index (χ2n) is 6.66. The monoisotopic (exact) mass is 374 g/mol. The van der Waals surface area contributed by atoms with Gasteiger partial charge >= 0.3 is 0 Å². The molecule has 7 nitrogen and oxygen atoms in total. The quantitative estimate of drug-likeness (QED) is 0.372. The molecule has 7 heteroatoms. The van der Waals surface area contributed by atoms with Crippen molar-refractivity contribution >= 4 is 17.7 Å². The highest BCUT2D eigenvalue weighted by Crippen LogP contribution is 2.11. The molecule has 1 saturated heterocycles. The van der Waals surface area contributed by atoms with Crippen LogP contribution in [0.1, 0.15) is 45.6 Å². The Morgan fingerprint density at radius 1 is 1.26 bits per heavy atom. The Kier molecular flexibility index (Phi) is 8.87. The number of guanidine groups is 1. The van der Waals surface area contributed by atoms with E-state index in [1.807, 2.05) is 11.1 Å². The summed E-state index contributed by atoms with van der Waals surface area (Å²) in [6, 6.07) is 4.15. The van der Waals surface area contributed by atoms with Gasteiger partial charge in [-0.2, -0.15) is 0 Å². The van der Waals surface area contributed by atoms with E-state index in [0.29, 0.717) is 13.0 Å². The first kappa shape index (κ1) is 21.0. The van der Waals surface area contributed by atoms with Crippen LogP contribution in [0.2, 0.25) is 0 Å². The molecule has 0 unspecified atom stereocenters. The maximum absolute atomic E-state index is 11.6. The Morgan fingerprint density at radius 2 is 2.07 bits per heavy atom. The van der Waals surface area contributed by atoms with Crippen LogP contribution >= 0.6 is 0 Å². The topological polar surface area (TPSA) is 72.9 Å². The molecule has 1 aromatic rings. The van der Waals surface area contributed by atoms with Crippen molar-refractivity contribution in [3.05, 3.63) is 23.9 Å². The fraction of sp³-hybridized carbons (Fsp3) is 0.650. The number of amides is 1. The average Bonchev–Trinajstić information content (AvgIpc) is 3.10. The second-order valence-corrected chi connectivity index (χ2v) is 6.66. The molecule has 0 aromatic carbocycles. The van der Waals surface area contributed by atoms with Crippen LogP contribution < -0.4 is 15.5 Å². The zero-order chi connectivity index (χ0) is 19.5. The van der Waals surface area contributed by atoms with Gasteiger partial charge in [0, 0.05) is 51.9 Å². The van der Waals surface area contributed by atoms with E-state index in [0.717, 1.165) is 69.5 Å². The highest BCUT2D eigenvalue weighted by Gasteiger charge is 2.18. The lowest BCUT2D eigenvalue weighted by Crippen LogP contribution is -2.39. The molecule has 1 amide bonds. The first-order valence-corrected chi connectivity index (χ1v) is 10.2. The average molecular weight is 375 g/mol. The molecular formula is C20H34N6O. The Bertz CT molecular complexity index is 597. The molecule has 1 aromatic heterocycles. The van der Waals surface area contributed by atoms with E-state index in [1.165, 1.54) is 0 Å². The number of likely N-dealkylation sites (tertiary alicyclic amines) is 1. The Morgan fingerprint density at radius 3 is 2.67 bits per heavy atom. The molecule has 1 aliphatic heterocycles. The molecule has 2 rings (SSSR count). The van der Waals surface area contributed by atoms with Crippen LogP contribution in [0.25, 0.3) is 0 Å². The maximum Gasteiger partial charge on any atom is 0.222 e. The van der Waals surface area contributed by atoms with Gasteiger partial charge < -0.3 is 20.4 Å². The largest absolute Gasteiger partial charge is 0.357 e. The van der Waals surface area contributed by atoms with Crippen LogP contribution in [0.5, 0.6) is 0 Å².